The molecule has 0 N–H and O–H groups in total. The number of imidazole rings is 1. The molecule has 3 rings (SSSR count). The second-order valence-electron chi connectivity index (χ2n) is 5.20. The molecule has 0 radical (unpaired) electrons. The second kappa shape index (κ2) is 4.68. The summed E-state index contributed by atoms with van der Waals surface area (Å²) >= 11 is 0. The summed E-state index contributed by atoms with van der Waals surface area (Å²) in [6.45, 7) is 5.49. The van der Waals surface area contributed by atoms with Crippen molar-refractivity contribution in [1.29, 1.82) is 0 Å². The molecule has 4 nitrogen and oxygen atoms in total. The number of esters is 1. The number of nitrogens with zero attached hydrogens (tertiary/aromatic N) is 2. The Kier molecular flexibility index (Phi) is 3.01. The van der Waals surface area contributed by atoms with Crippen LogP contribution >= 0.6 is 0 Å². The van der Waals surface area contributed by atoms with Gasteiger partial charge in [0.15, 0.2) is 0 Å². The molecule has 1 aliphatic rings. The van der Waals surface area contributed by atoms with Gasteiger partial charge >= 0.3 is 5.97 Å². The first-order valence-electron chi connectivity index (χ1n) is 6.85. The van der Waals surface area contributed by atoms with E-state index in [1.54, 1.807) is 0 Å². The molecular formula is C15H18N2O2. The van der Waals surface area contributed by atoms with Crippen LogP contribution in [0.15, 0.2) is 18.2 Å². The molecule has 100 valence electrons. The molecule has 1 aromatic carbocycles. The number of hydrogen-bond donors (Lipinski definition) is 0. The molecule has 0 saturated carbocycles. The van der Waals surface area contributed by atoms with Gasteiger partial charge in [-0.25, -0.2) is 9.78 Å². The van der Waals surface area contributed by atoms with Gasteiger partial charge in [0.2, 0.25) is 0 Å². The van der Waals surface area contributed by atoms with Crippen molar-refractivity contribution in [3.63, 3.8) is 0 Å². The SMILES string of the molecule is CCOC(=O)c1ccc2c(c1)nc1n2CCC(C)C1. The largest absolute Gasteiger partial charge is 0.462 e. The predicted octanol–water partition coefficient (Wildman–Crippen LogP) is 2.80. The molecule has 2 aromatic rings. The van der Waals surface area contributed by atoms with Gasteiger partial charge in [0.05, 0.1) is 23.2 Å². The van der Waals surface area contributed by atoms with E-state index < -0.39 is 0 Å². The summed E-state index contributed by atoms with van der Waals surface area (Å²) < 4.78 is 7.29. The Labute approximate surface area is 112 Å². The Balaban J connectivity index is 2.03. The normalized spacial score (nSPS) is 18.3. The topological polar surface area (TPSA) is 44.1 Å². The Morgan fingerprint density at radius 1 is 1.53 bits per heavy atom. The highest BCUT2D eigenvalue weighted by Gasteiger charge is 2.19. The molecular weight excluding hydrogens is 240 g/mol. The lowest BCUT2D eigenvalue weighted by molar-refractivity contribution is 0.0526. The van der Waals surface area contributed by atoms with Crippen LogP contribution in [0, 0.1) is 5.92 Å². The zero-order chi connectivity index (χ0) is 13.4. The number of carbonyl (C=O) groups excluding carboxylic acids is 1. The van der Waals surface area contributed by atoms with Gasteiger partial charge in [-0.05, 0) is 37.5 Å². The Morgan fingerprint density at radius 3 is 3.16 bits per heavy atom. The van der Waals surface area contributed by atoms with Crippen molar-refractivity contribution in [2.75, 3.05) is 6.61 Å². The maximum atomic E-state index is 11.7. The fraction of sp³-hybridized carbons (Fsp3) is 0.467. The molecule has 0 aliphatic carbocycles. The minimum absolute atomic E-state index is 0.274. The summed E-state index contributed by atoms with van der Waals surface area (Å²) in [4.78, 5) is 16.4. The van der Waals surface area contributed by atoms with Gasteiger partial charge in [-0.1, -0.05) is 6.92 Å². The Bertz CT molecular complexity index is 630. The number of ether oxygens (including phenoxy) is 1. The van der Waals surface area contributed by atoms with E-state index in [9.17, 15) is 4.79 Å². The summed E-state index contributed by atoms with van der Waals surface area (Å²) in [5, 5.41) is 0. The molecule has 0 saturated heterocycles. The third-order valence-corrected chi connectivity index (χ3v) is 3.71. The van der Waals surface area contributed by atoms with Crippen molar-refractivity contribution in [2.24, 2.45) is 5.92 Å². The molecule has 1 aromatic heterocycles. The van der Waals surface area contributed by atoms with Crippen molar-refractivity contribution in [3.8, 4) is 0 Å². The van der Waals surface area contributed by atoms with Crippen molar-refractivity contribution in [2.45, 2.75) is 33.2 Å². The van der Waals surface area contributed by atoms with Gasteiger partial charge < -0.3 is 9.30 Å². The maximum absolute atomic E-state index is 11.7. The summed E-state index contributed by atoms with van der Waals surface area (Å²) in [5.74, 6) is 1.55. The van der Waals surface area contributed by atoms with Crippen LogP contribution in [0.5, 0.6) is 0 Å². The number of benzene rings is 1. The van der Waals surface area contributed by atoms with Crippen LogP contribution in [0.1, 0.15) is 36.5 Å². The lowest BCUT2D eigenvalue weighted by Crippen LogP contribution is -2.17. The van der Waals surface area contributed by atoms with Crippen LogP contribution in [0.3, 0.4) is 0 Å². The minimum Gasteiger partial charge on any atom is -0.462 e. The van der Waals surface area contributed by atoms with Gasteiger partial charge in [-0.15, -0.1) is 0 Å². The van der Waals surface area contributed by atoms with Crippen molar-refractivity contribution < 1.29 is 9.53 Å². The standard InChI is InChI=1S/C15H18N2O2/c1-3-19-15(18)11-4-5-13-12(9-11)16-14-8-10(2)6-7-17(13)14/h4-5,9-10H,3,6-8H2,1-2H3. The average Bonchev–Trinajstić information content (AvgIpc) is 2.75. The maximum Gasteiger partial charge on any atom is 0.338 e. The second-order valence-corrected chi connectivity index (χ2v) is 5.20. The number of rotatable bonds is 2. The minimum atomic E-state index is -0.274. The summed E-state index contributed by atoms with van der Waals surface area (Å²) in [5.41, 5.74) is 2.60. The van der Waals surface area contributed by atoms with E-state index in [1.165, 1.54) is 6.42 Å². The first-order valence-corrected chi connectivity index (χ1v) is 6.85. The number of fused-ring (bicyclic) bond motifs is 3. The molecule has 1 aliphatic heterocycles. The number of carbonyl (C=O) groups is 1. The van der Waals surface area contributed by atoms with E-state index in [0.717, 1.165) is 29.8 Å². The molecule has 4 heteroatoms. The predicted molar refractivity (Wildman–Crippen MR) is 73.2 cm³/mol. The smallest absolute Gasteiger partial charge is 0.338 e. The fourth-order valence-electron chi connectivity index (χ4n) is 2.69. The molecule has 1 atom stereocenters. The van der Waals surface area contributed by atoms with E-state index in [4.69, 9.17) is 4.74 Å². The van der Waals surface area contributed by atoms with Crippen LogP contribution < -0.4 is 0 Å². The molecule has 19 heavy (non-hydrogen) atoms. The first-order chi connectivity index (χ1) is 9.19. The zero-order valence-electron chi connectivity index (χ0n) is 11.3. The van der Waals surface area contributed by atoms with Crippen LogP contribution in [0.2, 0.25) is 0 Å². The van der Waals surface area contributed by atoms with Crippen LogP contribution in [-0.4, -0.2) is 22.1 Å². The van der Waals surface area contributed by atoms with Gasteiger partial charge in [-0.3, -0.25) is 0 Å². The zero-order valence-corrected chi connectivity index (χ0v) is 11.3. The van der Waals surface area contributed by atoms with Crippen LogP contribution in [0.4, 0.5) is 0 Å². The number of aryl methyl sites for hydroxylation is 1. The van der Waals surface area contributed by atoms with Gasteiger partial charge in [-0.2, -0.15) is 0 Å². The molecule has 0 spiro atoms. The van der Waals surface area contributed by atoms with E-state index in [1.807, 2.05) is 25.1 Å². The lowest BCUT2D eigenvalue weighted by atomic mass is 10.0. The van der Waals surface area contributed by atoms with Crippen LogP contribution in [0.25, 0.3) is 11.0 Å². The van der Waals surface area contributed by atoms with Crippen molar-refractivity contribution in [1.82, 2.24) is 9.55 Å². The Morgan fingerprint density at radius 2 is 2.37 bits per heavy atom. The van der Waals surface area contributed by atoms with Crippen molar-refractivity contribution in [3.05, 3.63) is 29.6 Å². The lowest BCUT2D eigenvalue weighted by Gasteiger charge is -2.19. The summed E-state index contributed by atoms with van der Waals surface area (Å²) in [6.07, 6.45) is 2.21. The van der Waals surface area contributed by atoms with Gasteiger partial charge in [0, 0.05) is 13.0 Å². The third-order valence-electron chi connectivity index (χ3n) is 3.71. The molecule has 2 heterocycles. The van der Waals surface area contributed by atoms with E-state index in [-0.39, 0.29) is 5.97 Å². The first kappa shape index (κ1) is 12.2. The monoisotopic (exact) mass is 258 g/mol. The highest BCUT2D eigenvalue weighted by Crippen LogP contribution is 2.25. The van der Waals surface area contributed by atoms with E-state index in [0.29, 0.717) is 18.1 Å². The molecule has 0 fully saturated rings. The quantitative estimate of drug-likeness (QED) is 0.778. The van der Waals surface area contributed by atoms with E-state index in [2.05, 4.69) is 16.5 Å². The highest BCUT2D eigenvalue weighted by atomic mass is 16.5. The van der Waals surface area contributed by atoms with Gasteiger partial charge in [0.1, 0.15) is 5.82 Å². The van der Waals surface area contributed by atoms with Crippen molar-refractivity contribution >= 4 is 17.0 Å². The van der Waals surface area contributed by atoms with Crippen LogP contribution in [-0.2, 0) is 17.7 Å². The number of aromatic nitrogens is 2. The molecule has 0 amide bonds. The molecule has 1 unspecified atom stereocenters. The average molecular weight is 258 g/mol. The van der Waals surface area contributed by atoms with Gasteiger partial charge in [0.25, 0.3) is 0 Å². The van der Waals surface area contributed by atoms with E-state index >= 15 is 0 Å². The fourth-order valence-corrected chi connectivity index (χ4v) is 2.69. The highest BCUT2D eigenvalue weighted by molar-refractivity contribution is 5.93. The summed E-state index contributed by atoms with van der Waals surface area (Å²) in [6, 6.07) is 5.64. The third kappa shape index (κ3) is 2.11. The number of hydrogen-bond acceptors (Lipinski definition) is 3. The Hall–Kier alpha value is -1.84. The molecule has 0 bridgehead atoms. The summed E-state index contributed by atoms with van der Waals surface area (Å²) in [7, 11) is 0.